The second kappa shape index (κ2) is 8.53. The molecule has 0 saturated heterocycles. The fourth-order valence-corrected chi connectivity index (χ4v) is 3.48. The zero-order valence-electron chi connectivity index (χ0n) is 16.7. The number of furan rings is 1. The Balaban J connectivity index is 1.40. The van der Waals surface area contributed by atoms with Crippen molar-refractivity contribution in [2.45, 2.75) is 39.5 Å². The lowest BCUT2D eigenvalue weighted by Crippen LogP contribution is -2.39. The molecule has 1 atom stereocenters. The van der Waals surface area contributed by atoms with Crippen LogP contribution in [0.4, 0.5) is 0 Å². The van der Waals surface area contributed by atoms with Crippen LogP contribution in [0, 0.1) is 0 Å². The highest BCUT2D eigenvalue weighted by molar-refractivity contribution is 5.95. The lowest BCUT2D eigenvalue weighted by molar-refractivity contribution is 0.0930. The van der Waals surface area contributed by atoms with Crippen LogP contribution in [0.3, 0.4) is 0 Å². The first kappa shape index (κ1) is 19.3. The molecule has 0 unspecified atom stereocenters. The third-order valence-corrected chi connectivity index (χ3v) is 5.34. The van der Waals surface area contributed by atoms with Crippen molar-refractivity contribution in [1.29, 1.82) is 0 Å². The number of para-hydroxylation sites is 1. The van der Waals surface area contributed by atoms with E-state index in [1.54, 1.807) is 6.26 Å². The van der Waals surface area contributed by atoms with Crippen LogP contribution in [-0.4, -0.2) is 35.1 Å². The Kier molecular flexibility index (Phi) is 5.67. The fraction of sp³-hybridized carbons (Fsp3) is 0.364. The van der Waals surface area contributed by atoms with E-state index < -0.39 is 0 Å². The van der Waals surface area contributed by atoms with Crippen molar-refractivity contribution in [3.63, 3.8) is 0 Å². The standard InChI is InChI=1S/C22H25N3O4/c1-3-15(2)25(13-16-7-6-12-27-16)11-10-23-22(26)20-18-14-28-19-9-5-4-8-17(19)21(18)29-24-20/h4-9,12,15H,3,10-11,13-14H2,1-2H3,(H,23,26)/t15-/m1/s1. The molecular weight excluding hydrogens is 370 g/mol. The van der Waals surface area contributed by atoms with E-state index in [4.69, 9.17) is 13.7 Å². The SMILES string of the molecule is CC[C@@H](C)N(CCNC(=O)c1noc2c1COc1ccccc1-2)Cc1ccco1. The van der Waals surface area contributed by atoms with Gasteiger partial charge in [0.05, 0.1) is 23.9 Å². The van der Waals surface area contributed by atoms with Crippen molar-refractivity contribution in [2.75, 3.05) is 13.1 Å². The molecule has 0 saturated carbocycles. The van der Waals surface area contributed by atoms with Gasteiger partial charge in [-0.1, -0.05) is 24.2 Å². The predicted molar refractivity (Wildman–Crippen MR) is 107 cm³/mol. The normalized spacial score (nSPS) is 13.5. The van der Waals surface area contributed by atoms with Crippen molar-refractivity contribution in [3.8, 4) is 17.1 Å². The minimum Gasteiger partial charge on any atom is -0.488 e. The molecule has 3 heterocycles. The van der Waals surface area contributed by atoms with E-state index in [0.717, 1.165) is 23.5 Å². The number of nitrogens with zero attached hydrogens (tertiary/aromatic N) is 2. The van der Waals surface area contributed by atoms with Gasteiger partial charge in [-0.05, 0) is 37.6 Å². The molecule has 29 heavy (non-hydrogen) atoms. The summed E-state index contributed by atoms with van der Waals surface area (Å²) in [5.74, 6) is 2.01. The molecule has 0 fully saturated rings. The molecule has 7 heteroatoms. The van der Waals surface area contributed by atoms with Gasteiger partial charge >= 0.3 is 0 Å². The summed E-state index contributed by atoms with van der Waals surface area (Å²) in [7, 11) is 0. The molecule has 3 aromatic rings. The van der Waals surface area contributed by atoms with E-state index in [-0.39, 0.29) is 18.2 Å². The second-order valence-electron chi connectivity index (χ2n) is 7.19. The van der Waals surface area contributed by atoms with Gasteiger partial charge in [0.2, 0.25) is 0 Å². The monoisotopic (exact) mass is 395 g/mol. The average Bonchev–Trinajstić information content (AvgIpc) is 3.42. The summed E-state index contributed by atoms with van der Waals surface area (Å²) in [6.45, 7) is 6.52. The number of rotatable bonds is 8. The molecule has 2 aromatic heterocycles. The molecular formula is C22H25N3O4. The quantitative estimate of drug-likeness (QED) is 0.624. The molecule has 0 spiro atoms. The molecule has 0 bridgehead atoms. The highest BCUT2D eigenvalue weighted by atomic mass is 16.5. The summed E-state index contributed by atoms with van der Waals surface area (Å²) < 4.78 is 16.7. The first-order chi connectivity index (χ1) is 14.2. The summed E-state index contributed by atoms with van der Waals surface area (Å²) in [6.07, 6.45) is 2.70. The Bertz CT molecular complexity index is 964. The van der Waals surface area contributed by atoms with E-state index >= 15 is 0 Å². The Morgan fingerprint density at radius 2 is 2.14 bits per heavy atom. The number of hydrogen-bond donors (Lipinski definition) is 1. The number of benzene rings is 1. The van der Waals surface area contributed by atoms with Crippen molar-refractivity contribution < 1.29 is 18.5 Å². The van der Waals surface area contributed by atoms with Crippen molar-refractivity contribution >= 4 is 5.91 Å². The van der Waals surface area contributed by atoms with Crippen molar-refractivity contribution in [2.24, 2.45) is 0 Å². The summed E-state index contributed by atoms with van der Waals surface area (Å²) in [6, 6.07) is 11.8. The Hall–Kier alpha value is -3.06. The first-order valence-electron chi connectivity index (χ1n) is 9.92. The van der Waals surface area contributed by atoms with Crippen LogP contribution in [-0.2, 0) is 13.2 Å². The Morgan fingerprint density at radius 3 is 2.93 bits per heavy atom. The summed E-state index contributed by atoms with van der Waals surface area (Å²) in [5.41, 5.74) is 1.80. The zero-order valence-corrected chi connectivity index (χ0v) is 16.7. The van der Waals surface area contributed by atoms with Gasteiger partial charge in [-0.3, -0.25) is 9.69 Å². The summed E-state index contributed by atoms with van der Waals surface area (Å²) >= 11 is 0. The van der Waals surface area contributed by atoms with Crippen LogP contribution < -0.4 is 10.1 Å². The highest BCUT2D eigenvalue weighted by Gasteiger charge is 2.28. The summed E-state index contributed by atoms with van der Waals surface area (Å²) in [5, 5.41) is 6.97. The van der Waals surface area contributed by atoms with E-state index in [1.807, 2.05) is 36.4 Å². The minimum atomic E-state index is -0.250. The van der Waals surface area contributed by atoms with Gasteiger partial charge in [-0.2, -0.15) is 0 Å². The molecule has 7 nitrogen and oxygen atoms in total. The molecule has 152 valence electrons. The number of aromatic nitrogens is 1. The van der Waals surface area contributed by atoms with E-state index in [9.17, 15) is 4.79 Å². The van der Waals surface area contributed by atoms with Crippen molar-refractivity contribution in [1.82, 2.24) is 15.4 Å². The van der Waals surface area contributed by atoms with Gasteiger partial charge in [-0.15, -0.1) is 0 Å². The number of hydrogen-bond acceptors (Lipinski definition) is 6. The van der Waals surface area contributed by atoms with Gasteiger partial charge in [0.25, 0.3) is 5.91 Å². The van der Waals surface area contributed by atoms with E-state index in [2.05, 4.69) is 29.2 Å². The average molecular weight is 395 g/mol. The minimum absolute atomic E-state index is 0.250. The fourth-order valence-electron chi connectivity index (χ4n) is 3.48. The molecule has 1 aliphatic rings. The van der Waals surface area contributed by atoms with Crippen LogP contribution in [0.1, 0.15) is 42.1 Å². The smallest absolute Gasteiger partial charge is 0.273 e. The van der Waals surface area contributed by atoms with Crippen molar-refractivity contribution in [3.05, 3.63) is 59.7 Å². The maximum atomic E-state index is 12.7. The third kappa shape index (κ3) is 4.05. The molecule has 1 amide bonds. The number of ether oxygens (including phenoxy) is 1. The van der Waals surface area contributed by atoms with Crippen LogP contribution in [0.15, 0.2) is 51.6 Å². The maximum absolute atomic E-state index is 12.7. The molecule has 4 rings (SSSR count). The number of nitrogens with one attached hydrogen (secondary N) is 1. The van der Waals surface area contributed by atoms with Crippen LogP contribution in [0.25, 0.3) is 11.3 Å². The molecule has 1 N–H and O–H groups in total. The molecule has 1 aliphatic heterocycles. The zero-order chi connectivity index (χ0) is 20.2. The molecule has 1 aromatic carbocycles. The number of amides is 1. The largest absolute Gasteiger partial charge is 0.488 e. The second-order valence-corrected chi connectivity index (χ2v) is 7.19. The highest BCUT2D eigenvalue weighted by Crippen LogP contribution is 2.38. The molecule has 0 radical (unpaired) electrons. The van der Waals surface area contributed by atoms with Gasteiger partial charge in [-0.25, -0.2) is 0 Å². The summed E-state index contributed by atoms with van der Waals surface area (Å²) in [4.78, 5) is 15.0. The van der Waals surface area contributed by atoms with Crippen LogP contribution >= 0.6 is 0 Å². The van der Waals surface area contributed by atoms with Gasteiger partial charge in [0.15, 0.2) is 11.5 Å². The number of carbonyl (C=O) groups excluding carboxylic acids is 1. The lowest BCUT2D eigenvalue weighted by atomic mass is 10.0. The van der Waals surface area contributed by atoms with Crippen LogP contribution in [0.2, 0.25) is 0 Å². The predicted octanol–water partition coefficient (Wildman–Crippen LogP) is 3.86. The maximum Gasteiger partial charge on any atom is 0.273 e. The third-order valence-electron chi connectivity index (χ3n) is 5.34. The van der Waals surface area contributed by atoms with Crippen LogP contribution in [0.5, 0.6) is 5.75 Å². The Labute approximate surface area is 169 Å². The topological polar surface area (TPSA) is 80.7 Å². The van der Waals surface area contributed by atoms with Gasteiger partial charge in [0.1, 0.15) is 18.1 Å². The Morgan fingerprint density at radius 1 is 1.28 bits per heavy atom. The van der Waals surface area contributed by atoms with Gasteiger partial charge < -0.3 is 19.0 Å². The van der Waals surface area contributed by atoms with Gasteiger partial charge in [0, 0.05) is 19.1 Å². The first-order valence-corrected chi connectivity index (χ1v) is 9.92. The number of carbonyl (C=O) groups is 1. The lowest BCUT2D eigenvalue weighted by Gasteiger charge is -2.27. The van der Waals surface area contributed by atoms with E-state index in [0.29, 0.717) is 37.0 Å². The number of fused-ring (bicyclic) bond motifs is 3. The van der Waals surface area contributed by atoms with E-state index in [1.165, 1.54) is 0 Å². The molecule has 0 aliphatic carbocycles.